The Bertz CT molecular complexity index is 477. The number of hydrogen-bond acceptors (Lipinski definition) is 4. The number of rotatable bonds is 7. The van der Waals surface area contributed by atoms with Crippen molar-refractivity contribution in [2.45, 2.75) is 31.7 Å². The van der Waals surface area contributed by atoms with Gasteiger partial charge in [-0.05, 0) is 37.8 Å². The van der Waals surface area contributed by atoms with E-state index in [1.54, 1.807) is 14.2 Å². The van der Waals surface area contributed by atoms with Crippen LogP contribution in [0.25, 0.3) is 0 Å². The number of para-hydroxylation sites is 2. The maximum Gasteiger partial charge on any atom is 0.260 e. The van der Waals surface area contributed by atoms with E-state index in [4.69, 9.17) is 14.2 Å². The molecule has 122 valence electrons. The Balaban J connectivity index is 1.92. The van der Waals surface area contributed by atoms with Crippen LogP contribution in [-0.4, -0.2) is 50.8 Å². The van der Waals surface area contributed by atoms with Gasteiger partial charge in [0.05, 0.1) is 7.11 Å². The Morgan fingerprint density at radius 3 is 2.73 bits per heavy atom. The molecule has 2 rings (SSSR count). The van der Waals surface area contributed by atoms with Gasteiger partial charge < -0.3 is 19.1 Å². The second-order valence-electron chi connectivity index (χ2n) is 5.46. The summed E-state index contributed by atoms with van der Waals surface area (Å²) in [5.41, 5.74) is 0. The molecule has 0 N–H and O–H groups in total. The lowest BCUT2D eigenvalue weighted by Gasteiger charge is -2.35. The van der Waals surface area contributed by atoms with E-state index in [0.717, 1.165) is 25.8 Å². The summed E-state index contributed by atoms with van der Waals surface area (Å²) in [6.07, 6.45) is 4.16. The van der Waals surface area contributed by atoms with Gasteiger partial charge in [-0.1, -0.05) is 12.1 Å². The average molecular weight is 307 g/mol. The van der Waals surface area contributed by atoms with E-state index in [9.17, 15) is 4.79 Å². The first kappa shape index (κ1) is 16.6. The molecule has 0 bridgehead atoms. The number of likely N-dealkylation sites (tertiary alicyclic amines) is 1. The molecule has 1 atom stereocenters. The van der Waals surface area contributed by atoms with Crippen LogP contribution in [0.1, 0.15) is 25.7 Å². The Morgan fingerprint density at radius 1 is 1.23 bits per heavy atom. The van der Waals surface area contributed by atoms with Crippen molar-refractivity contribution in [2.75, 3.05) is 34.0 Å². The largest absolute Gasteiger partial charge is 0.493 e. The van der Waals surface area contributed by atoms with E-state index in [1.807, 2.05) is 29.2 Å². The van der Waals surface area contributed by atoms with Crippen molar-refractivity contribution in [1.29, 1.82) is 0 Å². The van der Waals surface area contributed by atoms with Gasteiger partial charge in [-0.2, -0.15) is 0 Å². The third-order valence-corrected chi connectivity index (χ3v) is 4.02. The highest BCUT2D eigenvalue weighted by Crippen LogP contribution is 2.26. The molecule has 1 aliphatic rings. The topological polar surface area (TPSA) is 48.0 Å². The fourth-order valence-corrected chi connectivity index (χ4v) is 2.84. The fraction of sp³-hybridized carbons (Fsp3) is 0.588. The Kier molecular flexibility index (Phi) is 6.52. The summed E-state index contributed by atoms with van der Waals surface area (Å²) in [5, 5.41) is 0. The zero-order valence-corrected chi connectivity index (χ0v) is 13.4. The van der Waals surface area contributed by atoms with Crippen LogP contribution in [0.2, 0.25) is 0 Å². The third kappa shape index (κ3) is 4.37. The standard InChI is InChI=1S/C17H25NO4/c1-20-12-10-14-7-5-6-11-18(14)17(19)13-22-16-9-4-3-8-15(16)21-2/h3-4,8-9,14H,5-7,10-13H2,1-2H3. The van der Waals surface area contributed by atoms with Crippen molar-refractivity contribution in [2.24, 2.45) is 0 Å². The van der Waals surface area contributed by atoms with Gasteiger partial charge in [-0.25, -0.2) is 0 Å². The number of amides is 1. The number of piperidine rings is 1. The molecule has 5 heteroatoms. The first-order valence-electron chi connectivity index (χ1n) is 7.80. The molecule has 0 aromatic heterocycles. The van der Waals surface area contributed by atoms with E-state index in [2.05, 4.69) is 0 Å². The molecule has 22 heavy (non-hydrogen) atoms. The summed E-state index contributed by atoms with van der Waals surface area (Å²) in [4.78, 5) is 14.4. The molecular weight excluding hydrogens is 282 g/mol. The average Bonchev–Trinajstić information content (AvgIpc) is 2.58. The fourth-order valence-electron chi connectivity index (χ4n) is 2.84. The highest BCUT2D eigenvalue weighted by molar-refractivity contribution is 5.78. The van der Waals surface area contributed by atoms with Crippen LogP contribution in [0, 0.1) is 0 Å². The van der Waals surface area contributed by atoms with E-state index in [1.165, 1.54) is 6.42 Å². The number of carbonyl (C=O) groups is 1. The molecule has 1 amide bonds. The predicted molar refractivity (Wildman–Crippen MR) is 84.3 cm³/mol. The van der Waals surface area contributed by atoms with Gasteiger partial charge in [-0.3, -0.25) is 4.79 Å². The number of ether oxygens (including phenoxy) is 3. The van der Waals surface area contributed by atoms with Gasteiger partial charge in [0.1, 0.15) is 0 Å². The first-order chi connectivity index (χ1) is 10.8. The molecule has 1 aromatic carbocycles. The normalized spacial score (nSPS) is 18.1. The molecule has 0 spiro atoms. The van der Waals surface area contributed by atoms with Crippen LogP contribution >= 0.6 is 0 Å². The quantitative estimate of drug-likeness (QED) is 0.776. The van der Waals surface area contributed by atoms with E-state index >= 15 is 0 Å². The van der Waals surface area contributed by atoms with Gasteiger partial charge in [-0.15, -0.1) is 0 Å². The van der Waals surface area contributed by atoms with Gasteiger partial charge in [0.15, 0.2) is 18.1 Å². The van der Waals surface area contributed by atoms with Crippen LogP contribution in [0.4, 0.5) is 0 Å². The number of carbonyl (C=O) groups excluding carboxylic acids is 1. The second-order valence-corrected chi connectivity index (χ2v) is 5.46. The van der Waals surface area contributed by atoms with Gasteiger partial charge >= 0.3 is 0 Å². The third-order valence-electron chi connectivity index (χ3n) is 4.02. The van der Waals surface area contributed by atoms with E-state index in [-0.39, 0.29) is 18.6 Å². The maximum absolute atomic E-state index is 12.5. The van der Waals surface area contributed by atoms with Crippen LogP contribution in [-0.2, 0) is 9.53 Å². The Morgan fingerprint density at radius 2 is 2.00 bits per heavy atom. The summed E-state index contributed by atoms with van der Waals surface area (Å²) in [6.45, 7) is 1.54. The van der Waals surface area contributed by atoms with Crippen LogP contribution in [0.15, 0.2) is 24.3 Å². The van der Waals surface area contributed by atoms with Gasteiger partial charge in [0.25, 0.3) is 5.91 Å². The number of nitrogens with zero attached hydrogens (tertiary/aromatic N) is 1. The molecule has 1 unspecified atom stereocenters. The molecule has 5 nitrogen and oxygen atoms in total. The molecule has 0 aliphatic carbocycles. The van der Waals surface area contributed by atoms with Crippen LogP contribution in [0.3, 0.4) is 0 Å². The minimum Gasteiger partial charge on any atom is -0.493 e. The van der Waals surface area contributed by atoms with Gasteiger partial charge in [0.2, 0.25) is 0 Å². The molecular formula is C17H25NO4. The number of benzene rings is 1. The molecule has 1 aromatic rings. The number of hydrogen-bond donors (Lipinski definition) is 0. The highest BCUT2D eigenvalue weighted by Gasteiger charge is 2.26. The zero-order valence-electron chi connectivity index (χ0n) is 13.4. The van der Waals surface area contributed by atoms with E-state index < -0.39 is 0 Å². The summed E-state index contributed by atoms with van der Waals surface area (Å²) in [5.74, 6) is 1.28. The lowest BCUT2D eigenvalue weighted by molar-refractivity contribution is -0.137. The molecule has 1 aliphatic heterocycles. The summed E-state index contributed by atoms with van der Waals surface area (Å²) >= 11 is 0. The molecule has 0 saturated carbocycles. The molecule has 0 radical (unpaired) electrons. The van der Waals surface area contributed by atoms with Gasteiger partial charge in [0, 0.05) is 26.3 Å². The Labute approximate surface area is 132 Å². The van der Waals surface area contributed by atoms with Crippen molar-refractivity contribution in [3.05, 3.63) is 24.3 Å². The second kappa shape index (κ2) is 8.63. The van der Waals surface area contributed by atoms with Crippen molar-refractivity contribution in [3.8, 4) is 11.5 Å². The van der Waals surface area contributed by atoms with Crippen LogP contribution < -0.4 is 9.47 Å². The minimum absolute atomic E-state index is 0.0340. The van der Waals surface area contributed by atoms with Crippen molar-refractivity contribution < 1.29 is 19.0 Å². The lowest BCUT2D eigenvalue weighted by atomic mass is 9.99. The highest BCUT2D eigenvalue weighted by atomic mass is 16.5. The maximum atomic E-state index is 12.5. The smallest absolute Gasteiger partial charge is 0.260 e. The Hall–Kier alpha value is -1.75. The van der Waals surface area contributed by atoms with Crippen LogP contribution in [0.5, 0.6) is 11.5 Å². The lowest BCUT2D eigenvalue weighted by Crippen LogP contribution is -2.46. The monoisotopic (exact) mass is 307 g/mol. The summed E-state index contributed by atoms with van der Waals surface area (Å²) in [7, 11) is 3.29. The molecule has 1 heterocycles. The van der Waals surface area contributed by atoms with Crippen molar-refractivity contribution in [1.82, 2.24) is 4.90 Å². The molecule has 1 saturated heterocycles. The molecule has 1 fully saturated rings. The predicted octanol–water partition coefficient (Wildman–Crippen LogP) is 2.49. The first-order valence-corrected chi connectivity index (χ1v) is 7.80. The number of methoxy groups -OCH3 is 2. The minimum atomic E-state index is 0.0340. The van der Waals surface area contributed by atoms with Crippen molar-refractivity contribution in [3.63, 3.8) is 0 Å². The SMILES string of the molecule is COCCC1CCCCN1C(=O)COc1ccccc1OC. The summed E-state index contributed by atoms with van der Waals surface area (Å²) in [6, 6.07) is 7.64. The summed E-state index contributed by atoms with van der Waals surface area (Å²) < 4.78 is 16.0. The van der Waals surface area contributed by atoms with E-state index in [0.29, 0.717) is 18.1 Å². The van der Waals surface area contributed by atoms with Crippen molar-refractivity contribution >= 4 is 5.91 Å². The zero-order chi connectivity index (χ0) is 15.8.